The summed E-state index contributed by atoms with van der Waals surface area (Å²) in [5.41, 5.74) is 5.30. The fraction of sp³-hybridized carbons (Fsp3) is 0.0833. The van der Waals surface area contributed by atoms with Gasteiger partial charge in [-0.3, -0.25) is 14.5 Å². The molecule has 1 unspecified atom stereocenters. The molecule has 0 amide bonds. The van der Waals surface area contributed by atoms with E-state index in [1.165, 1.54) is 5.56 Å². The Kier molecular flexibility index (Phi) is 4.65. The number of fused-ring (bicyclic) bond motifs is 1. The second-order valence-electron chi connectivity index (χ2n) is 7.09. The van der Waals surface area contributed by atoms with Crippen LogP contribution in [0.1, 0.15) is 18.5 Å². The molecule has 6 heteroatoms. The molecule has 146 valence electrons. The number of hydrogen-bond acceptors (Lipinski definition) is 5. The molecular weight excluding hydrogens is 372 g/mol. The van der Waals surface area contributed by atoms with Crippen LogP contribution in [0, 0.1) is 0 Å². The zero-order valence-corrected chi connectivity index (χ0v) is 16.5. The lowest BCUT2D eigenvalue weighted by molar-refractivity contribution is 0.865. The van der Waals surface area contributed by atoms with Crippen LogP contribution in [0.4, 0.5) is 5.82 Å². The molecule has 0 saturated heterocycles. The van der Waals surface area contributed by atoms with Crippen molar-refractivity contribution in [2.75, 3.05) is 5.32 Å². The molecule has 30 heavy (non-hydrogen) atoms. The lowest BCUT2D eigenvalue weighted by atomic mass is 10.1. The standard InChI is InChI=1S/C24H20N6/c1-17(18-5-3-2-4-6-18)28-23-14-26-15-24(29-23)30-16-27-21-13-20(7-8-22(21)30)19-9-11-25-12-10-19/h2-17H,1H3,(H,28,29). The van der Waals surface area contributed by atoms with Gasteiger partial charge >= 0.3 is 0 Å². The number of rotatable bonds is 5. The van der Waals surface area contributed by atoms with Crippen molar-refractivity contribution >= 4 is 16.9 Å². The van der Waals surface area contributed by atoms with Crippen molar-refractivity contribution in [3.05, 3.63) is 97.3 Å². The Morgan fingerprint density at radius 2 is 1.70 bits per heavy atom. The topological polar surface area (TPSA) is 68.5 Å². The Hall–Kier alpha value is -4.06. The van der Waals surface area contributed by atoms with Gasteiger partial charge in [0.1, 0.15) is 12.1 Å². The monoisotopic (exact) mass is 392 g/mol. The van der Waals surface area contributed by atoms with E-state index < -0.39 is 0 Å². The summed E-state index contributed by atoms with van der Waals surface area (Å²) in [7, 11) is 0. The maximum Gasteiger partial charge on any atom is 0.159 e. The van der Waals surface area contributed by atoms with Crippen LogP contribution in [0.5, 0.6) is 0 Å². The SMILES string of the molecule is CC(Nc1cncc(-n2cnc3cc(-c4ccncc4)ccc32)n1)c1ccccc1. The zero-order valence-electron chi connectivity index (χ0n) is 16.5. The maximum absolute atomic E-state index is 4.75. The number of aromatic nitrogens is 5. The predicted octanol–water partition coefficient (Wildman–Crippen LogP) is 5.05. The van der Waals surface area contributed by atoms with E-state index in [9.17, 15) is 0 Å². The maximum atomic E-state index is 4.75. The number of hydrogen-bond donors (Lipinski definition) is 1. The van der Waals surface area contributed by atoms with E-state index in [4.69, 9.17) is 4.98 Å². The molecule has 6 nitrogen and oxygen atoms in total. The second-order valence-corrected chi connectivity index (χ2v) is 7.09. The highest BCUT2D eigenvalue weighted by Gasteiger charge is 2.10. The van der Waals surface area contributed by atoms with E-state index in [1.807, 2.05) is 34.9 Å². The minimum Gasteiger partial charge on any atom is -0.362 e. The van der Waals surface area contributed by atoms with Gasteiger partial charge in [0.2, 0.25) is 0 Å². The summed E-state index contributed by atoms with van der Waals surface area (Å²) in [6.07, 6.45) is 8.86. The van der Waals surface area contributed by atoms with Gasteiger partial charge in [0.15, 0.2) is 5.82 Å². The fourth-order valence-electron chi connectivity index (χ4n) is 3.51. The van der Waals surface area contributed by atoms with Gasteiger partial charge in [-0.1, -0.05) is 36.4 Å². The summed E-state index contributed by atoms with van der Waals surface area (Å²) in [6, 6.07) is 20.6. The molecule has 0 aliphatic carbocycles. The molecule has 0 aliphatic heterocycles. The van der Waals surface area contributed by atoms with E-state index in [0.717, 1.165) is 33.8 Å². The highest BCUT2D eigenvalue weighted by Crippen LogP contribution is 2.25. The molecule has 1 atom stereocenters. The van der Waals surface area contributed by atoms with Gasteiger partial charge < -0.3 is 5.32 Å². The Morgan fingerprint density at radius 1 is 0.867 bits per heavy atom. The predicted molar refractivity (Wildman–Crippen MR) is 118 cm³/mol. The van der Waals surface area contributed by atoms with Gasteiger partial charge in [0, 0.05) is 18.4 Å². The average Bonchev–Trinajstić information content (AvgIpc) is 3.24. The summed E-state index contributed by atoms with van der Waals surface area (Å²) in [5.74, 6) is 1.44. The summed E-state index contributed by atoms with van der Waals surface area (Å²) < 4.78 is 1.96. The third-order valence-electron chi connectivity index (χ3n) is 5.09. The van der Waals surface area contributed by atoms with Gasteiger partial charge in [0.05, 0.1) is 23.4 Å². The van der Waals surface area contributed by atoms with Crippen LogP contribution in [0.2, 0.25) is 0 Å². The first kappa shape index (κ1) is 18.0. The summed E-state index contributed by atoms with van der Waals surface area (Å²) in [6.45, 7) is 2.11. The fourth-order valence-corrected chi connectivity index (χ4v) is 3.51. The Labute approximate surface area is 174 Å². The van der Waals surface area contributed by atoms with Crippen LogP contribution < -0.4 is 5.32 Å². The highest BCUT2D eigenvalue weighted by molar-refractivity contribution is 5.83. The molecule has 0 fully saturated rings. The van der Waals surface area contributed by atoms with Crippen LogP contribution in [0.15, 0.2) is 91.8 Å². The molecular formula is C24H20N6. The Morgan fingerprint density at radius 3 is 2.53 bits per heavy atom. The van der Waals surface area contributed by atoms with Crippen LogP contribution in [-0.2, 0) is 0 Å². The zero-order chi connectivity index (χ0) is 20.3. The molecule has 0 spiro atoms. The van der Waals surface area contributed by atoms with Crippen LogP contribution >= 0.6 is 0 Å². The van der Waals surface area contributed by atoms with E-state index >= 15 is 0 Å². The number of imidazole rings is 1. The Balaban J connectivity index is 1.45. The molecule has 0 aliphatic rings. The summed E-state index contributed by atoms with van der Waals surface area (Å²) in [5, 5.41) is 3.43. The van der Waals surface area contributed by atoms with E-state index in [2.05, 4.69) is 57.5 Å². The van der Waals surface area contributed by atoms with Crippen LogP contribution in [-0.4, -0.2) is 24.5 Å². The normalized spacial score (nSPS) is 12.0. The molecule has 0 bridgehead atoms. The molecule has 2 aromatic carbocycles. The highest BCUT2D eigenvalue weighted by atomic mass is 15.2. The average molecular weight is 392 g/mol. The van der Waals surface area contributed by atoms with Crippen LogP contribution in [0.25, 0.3) is 28.0 Å². The van der Waals surface area contributed by atoms with Crippen molar-refractivity contribution in [3.8, 4) is 16.9 Å². The van der Waals surface area contributed by atoms with Gasteiger partial charge in [-0.15, -0.1) is 0 Å². The number of anilines is 1. The Bertz CT molecular complexity index is 1280. The van der Waals surface area contributed by atoms with E-state index in [1.54, 1.807) is 31.1 Å². The molecule has 0 radical (unpaired) electrons. The first-order valence-corrected chi connectivity index (χ1v) is 9.79. The summed E-state index contributed by atoms with van der Waals surface area (Å²) in [4.78, 5) is 17.8. The van der Waals surface area contributed by atoms with Crippen molar-refractivity contribution < 1.29 is 0 Å². The van der Waals surface area contributed by atoms with Gasteiger partial charge in [-0.25, -0.2) is 9.97 Å². The molecule has 5 rings (SSSR count). The first-order valence-electron chi connectivity index (χ1n) is 9.79. The van der Waals surface area contributed by atoms with Crippen molar-refractivity contribution in [2.24, 2.45) is 0 Å². The van der Waals surface area contributed by atoms with Crippen molar-refractivity contribution in [1.82, 2.24) is 24.5 Å². The quantitative estimate of drug-likeness (QED) is 0.453. The smallest absolute Gasteiger partial charge is 0.159 e. The minimum atomic E-state index is 0.123. The molecule has 5 aromatic rings. The lowest BCUT2D eigenvalue weighted by Crippen LogP contribution is -2.09. The van der Waals surface area contributed by atoms with Gasteiger partial charge in [-0.2, -0.15) is 0 Å². The van der Waals surface area contributed by atoms with Gasteiger partial charge in [0.25, 0.3) is 0 Å². The van der Waals surface area contributed by atoms with Crippen molar-refractivity contribution in [1.29, 1.82) is 0 Å². The molecule has 0 saturated carbocycles. The van der Waals surface area contributed by atoms with Gasteiger partial charge in [-0.05, 0) is 47.9 Å². The van der Waals surface area contributed by atoms with Crippen molar-refractivity contribution in [3.63, 3.8) is 0 Å². The van der Waals surface area contributed by atoms with E-state index in [0.29, 0.717) is 0 Å². The third-order valence-corrected chi connectivity index (χ3v) is 5.09. The van der Waals surface area contributed by atoms with E-state index in [-0.39, 0.29) is 6.04 Å². The largest absolute Gasteiger partial charge is 0.362 e. The summed E-state index contributed by atoms with van der Waals surface area (Å²) >= 11 is 0. The molecule has 3 aromatic heterocycles. The lowest BCUT2D eigenvalue weighted by Gasteiger charge is -2.15. The molecule has 3 heterocycles. The second kappa shape index (κ2) is 7.75. The molecule has 1 N–H and O–H groups in total. The first-order chi connectivity index (χ1) is 14.8. The minimum absolute atomic E-state index is 0.123. The third kappa shape index (κ3) is 3.51. The number of pyridine rings is 1. The van der Waals surface area contributed by atoms with Crippen LogP contribution in [0.3, 0.4) is 0 Å². The van der Waals surface area contributed by atoms with Crippen molar-refractivity contribution in [2.45, 2.75) is 13.0 Å². The number of benzene rings is 2. The number of nitrogens with one attached hydrogen (secondary N) is 1. The number of nitrogens with zero attached hydrogens (tertiary/aromatic N) is 5.